The van der Waals surface area contributed by atoms with Crippen LogP contribution in [-0.4, -0.2) is 72.6 Å². The number of hydrogen-bond acceptors (Lipinski definition) is 10. The Kier molecular flexibility index (Phi) is 12.5. The predicted molar refractivity (Wildman–Crippen MR) is 210 cm³/mol. The molecule has 1 amide bonds. The summed E-state index contributed by atoms with van der Waals surface area (Å²) in [4.78, 5) is 50.9. The first-order valence-corrected chi connectivity index (χ1v) is 18.7. The van der Waals surface area contributed by atoms with Gasteiger partial charge in [0.2, 0.25) is 0 Å². The topological polar surface area (TPSA) is 193 Å². The van der Waals surface area contributed by atoms with Gasteiger partial charge in [0.25, 0.3) is 21.5 Å². The minimum absolute atomic E-state index is 0.0229. The van der Waals surface area contributed by atoms with Crippen molar-refractivity contribution in [3.63, 3.8) is 0 Å². The van der Waals surface area contributed by atoms with E-state index in [0.717, 1.165) is 16.3 Å². The molecule has 0 aliphatic carbocycles. The Hall–Kier alpha value is -5.19. The standard InChI is InChI=1S/C36H33Cl3N6O8S/c1-4-44(13-14-46)21-9-11-27(20(2)15-21)40-33(34-41-28-8-6-5-7-23(28)36(50)45(34)19-32(47)48)35(49)42-30-16-22(10-12-31(30)53-3)54(51,52)43-29-18-25(38)24(37)17-26(29)39/h5-12,15-18,43,46H,4,13-14,19H2,1-3H3,(H,42,49)(H,47,48). The Bertz CT molecular complexity index is 2480. The molecule has 0 bridgehead atoms. The van der Waals surface area contributed by atoms with Crippen LogP contribution >= 0.6 is 34.8 Å². The van der Waals surface area contributed by atoms with Crippen LogP contribution in [0.4, 0.5) is 22.7 Å². The van der Waals surface area contributed by atoms with E-state index in [1.165, 1.54) is 43.5 Å². The van der Waals surface area contributed by atoms with Crippen molar-refractivity contribution in [1.29, 1.82) is 0 Å². The van der Waals surface area contributed by atoms with Crippen molar-refractivity contribution >= 4 is 96.1 Å². The number of carboxylic acid groups (broad SMARTS) is 1. The molecule has 1 heterocycles. The average Bonchev–Trinajstić information content (AvgIpc) is 3.13. The van der Waals surface area contributed by atoms with Crippen LogP contribution in [-0.2, 0) is 26.2 Å². The van der Waals surface area contributed by atoms with E-state index >= 15 is 0 Å². The highest BCUT2D eigenvalue weighted by atomic mass is 35.5. The van der Waals surface area contributed by atoms with E-state index in [2.05, 4.69) is 20.0 Å². The third kappa shape index (κ3) is 8.77. The number of carbonyl (C=O) groups excluding carboxylic acids is 1. The number of aromatic nitrogens is 2. The van der Waals surface area contributed by atoms with Gasteiger partial charge in [-0.25, -0.2) is 18.4 Å². The van der Waals surface area contributed by atoms with E-state index in [0.29, 0.717) is 18.7 Å². The second kappa shape index (κ2) is 16.9. The zero-order valence-electron chi connectivity index (χ0n) is 28.9. The van der Waals surface area contributed by atoms with Gasteiger partial charge in [0.1, 0.15) is 12.3 Å². The van der Waals surface area contributed by atoms with E-state index in [4.69, 9.17) is 39.5 Å². The lowest BCUT2D eigenvalue weighted by Gasteiger charge is -2.22. The van der Waals surface area contributed by atoms with Crippen molar-refractivity contribution in [2.75, 3.05) is 41.7 Å². The summed E-state index contributed by atoms with van der Waals surface area (Å²) in [6, 6.07) is 17.6. The summed E-state index contributed by atoms with van der Waals surface area (Å²) in [7, 11) is -3.05. The second-order valence-electron chi connectivity index (χ2n) is 11.6. The van der Waals surface area contributed by atoms with Gasteiger partial charge < -0.3 is 25.2 Å². The van der Waals surface area contributed by atoms with E-state index in [-0.39, 0.29) is 66.1 Å². The van der Waals surface area contributed by atoms with Gasteiger partial charge >= 0.3 is 5.97 Å². The first-order valence-electron chi connectivity index (χ1n) is 16.1. The van der Waals surface area contributed by atoms with Crippen LogP contribution in [0.25, 0.3) is 10.9 Å². The van der Waals surface area contributed by atoms with Crippen LogP contribution < -0.4 is 25.2 Å². The van der Waals surface area contributed by atoms with Crippen molar-refractivity contribution in [2.24, 2.45) is 4.99 Å². The molecular formula is C36H33Cl3N6O8S. The van der Waals surface area contributed by atoms with Crippen LogP contribution in [0, 0.1) is 6.92 Å². The van der Waals surface area contributed by atoms with E-state index < -0.39 is 39.7 Å². The highest BCUT2D eigenvalue weighted by molar-refractivity contribution is 7.92. The number of aryl methyl sites for hydroxylation is 1. The maximum absolute atomic E-state index is 14.4. The number of aliphatic hydroxyl groups is 1. The van der Waals surface area contributed by atoms with Crippen molar-refractivity contribution < 1.29 is 33.0 Å². The third-order valence-electron chi connectivity index (χ3n) is 8.10. The summed E-state index contributed by atoms with van der Waals surface area (Å²) in [5.41, 5.74) is 0.450. The van der Waals surface area contributed by atoms with Gasteiger partial charge in [0.05, 0.1) is 61.6 Å². The fourth-order valence-corrected chi connectivity index (χ4v) is 7.19. The van der Waals surface area contributed by atoms with Crippen LogP contribution in [0.15, 0.2) is 87.5 Å². The normalized spacial score (nSPS) is 11.7. The summed E-state index contributed by atoms with van der Waals surface area (Å²) in [5.74, 6) is -2.68. The molecule has 54 heavy (non-hydrogen) atoms. The van der Waals surface area contributed by atoms with Crippen LogP contribution in [0.3, 0.4) is 0 Å². The Morgan fingerprint density at radius 3 is 2.37 bits per heavy atom. The molecule has 4 N–H and O–H groups in total. The SMILES string of the molecule is CCN(CCO)c1ccc(N=C(C(=O)Nc2cc(S(=O)(=O)Nc3cc(Cl)c(Cl)cc3Cl)ccc2OC)c2nc3ccccc3c(=O)n2CC(=O)O)c(C)c1. The summed E-state index contributed by atoms with van der Waals surface area (Å²) in [5, 5.41) is 22.2. The zero-order valence-corrected chi connectivity index (χ0v) is 32.0. The van der Waals surface area contributed by atoms with Gasteiger partial charge in [-0.3, -0.25) is 23.7 Å². The number of nitrogens with one attached hydrogen (secondary N) is 2. The van der Waals surface area contributed by atoms with Crippen LogP contribution in [0.2, 0.25) is 15.1 Å². The Labute approximate surface area is 324 Å². The minimum atomic E-state index is -4.36. The molecule has 0 spiro atoms. The zero-order chi connectivity index (χ0) is 39.3. The molecule has 1 aromatic heterocycles. The number of fused-ring (bicyclic) bond motifs is 1. The van der Waals surface area contributed by atoms with Crippen molar-refractivity contribution in [3.05, 3.63) is 110 Å². The monoisotopic (exact) mass is 814 g/mol. The molecule has 4 aromatic carbocycles. The molecule has 14 nitrogen and oxygen atoms in total. The van der Waals surface area contributed by atoms with Gasteiger partial charge in [-0.2, -0.15) is 0 Å². The van der Waals surface area contributed by atoms with Crippen molar-refractivity contribution in [3.8, 4) is 5.75 Å². The Morgan fingerprint density at radius 1 is 0.981 bits per heavy atom. The lowest BCUT2D eigenvalue weighted by atomic mass is 10.1. The number of ether oxygens (including phenoxy) is 1. The number of methoxy groups -OCH3 is 1. The molecule has 5 aromatic rings. The number of rotatable bonds is 14. The molecule has 0 fully saturated rings. The number of aliphatic imine (C=N–C) groups is 1. The number of amides is 1. The lowest BCUT2D eigenvalue weighted by molar-refractivity contribution is -0.137. The molecule has 0 saturated heterocycles. The fraction of sp³-hybridized carbons (Fsp3) is 0.194. The van der Waals surface area contributed by atoms with E-state index in [1.54, 1.807) is 37.3 Å². The average molecular weight is 816 g/mol. The number of anilines is 3. The van der Waals surface area contributed by atoms with Crippen LogP contribution in [0.1, 0.15) is 18.3 Å². The summed E-state index contributed by atoms with van der Waals surface area (Å²) in [6.07, 6.45) is 0. The molecule has 282 valence electrons. The van der Waals surface area contributed by atoms with Gasteiger partial charge in [-0.05, 0) is 80.1 Å². The molecule has 18 heteroatoms. The number of carbonyl (C=O) groups is 2. The summed E-state index contributed by atoms with van der Waals surface area (Å²) >= 11 is 18.3. The summed E-state index contributed by atoms with van der Waals surface area (Å²) in [6.45, 7) is 3.72. The maximum atomic E-state index is 14.4. The number of carboxylic acids is 1. The number of hydrogen-bond donors (Lipinski definition) is 4. The first kappa shape index (κ1) is 40.0. The first-order chi connectivity index (χ1) is 25.7. The van der Waals surface area contributed by atoms with Gasteiger partial charge in [0, 0.05) is 18.8 Å². The third-order valence-corrected chi connectivity index (χ3v) is 10.5. The molecule has 0 unspecified atom stereocenters. The number of benzene rings is 4. The molecule has 5 rings (SSSR count). The number of halogens is 3. The highest BCUT2D eigenvalue weighted by Gasteiger charge is 2.26. The number of para-hydroxylation sites is 1. The smallest absolute Gasteiger partial charge is 0.323 e. The van der Waals surface area contributed by atoms with E-state index in [9.17, 15) is 33.0 Å². The lowest BCUT2D eigenvalue weighted by Crippen LogP contribution is -2.35. The predicted octanol–water partition coefficient (Wildman–Crippen LogP) is 6.14. The molecular weight excluding hydrogens is 783 g/mol. The highest BCUT2D eigenvalue weighted by Crippen LogP contribution is 2.35. The molecule has 0 aliphatic rings. The largest absolute Gasteiger partial charge is 0.495 e. The number of aliphatic hydroxyl groups excluding tert-OH is 1. The van der Waals surface area contributed by atoms with Gasteiger partial charge in [-0.1, -0.05) is 46.9 Å². The molecule has 0 atom stereocenters. The Morgan fingerprint density at radius 2 is 1.70 bits per heavy atom. The van der Waals surface area contributed by atoms with E-state index in [1.807, 2.05) is 11.8 Å². The molecule has 0 saturated carbocycles. The summed E-state index contributed by atoms with van der Waals surface area (Å²) < 4.78 is 35.7. The minimum Gasteiger partial charge on any atom is -0.495 e. The number of likely N-dealkylation sites (N-methyl/N-ethyl adjacent to an activating group) is 1. The number of sulfonamides is 1. The quantitative estimate of drug-likeness (QED) is 0.0748. The fourth-order valence-electron chi connectivity index (χ4n) is 5.44. The Balaban J connectivity index is 1.66. The van der Waals surface area contributed by atoms with Crippen LogP contribution in [0.5, 0.6) is 5.75 Å². The van der Waals surface area contributed by atoms with Crippen molar-refractivity contribution in [1.82, 2.24) is 9.55 Å². The van der Waals surface area contributed by atoms with Gasteiger partial charge in [-0.15, -0.1) is 0 Å². The number of nitrogens with zero attached hydrogens (tertiary/aromatic N) is 4. The van der Waals surface area contributed by atoms with Gasteiger partial charge in [0.15, 0.2) is 11.5 Å². The second-order valence-corrected chi connectivity index (χ2v) is 14.5. The maximum Gasteiger partial charge on any atom is 0.323 e. The number of aliphatic carboxylic acids is 1. The molecule has 0 aliphatic heterocycles. The molecule has 0 radical (unpaired) electrons. The van der Waals surface area contributed by atoms with Crippen molar-refractivity contribution in [2.45, 2.75) is 25.3 Å².